The van der Waals surface area contributed by atoms with Crippen molar-refractivity contribution >= 4 is 5.71 Å². The summed E-state index contributed by atoms with van der Waals surface area (Å²) in [6.45, 7) is 10.3. The van der Waals surface area contributed by atoms with Gasteiger partial charge in [-0.15, -0.1) is 0 Å². The minimum atomic E-state index is 0.645. The quantitative estimate of drug-likeness (QED) is 0.687. The summed E-state index contributed by atoms with van der Waals surface area (Å²) in [6, 6.07) is 6.06. The molecule has 0 bridgehead atoms. The number of benzene rings is 1. The second-order valence-electron chi connectivity index (χ2n) is 3.87. The van der Waals surface area contributed by atoms with Crippen LogP contribution >= 0.6 is 0 Å². The minimum Gasteiger partial charge on any atom is -0.305 e. The molecule has 0 saturated carbocycles. The number of rotatable bonds is 2. The van der Waals surface area contributed by atoms with Crippen LogP contribution in [0.4, 0.5) is 0 Å². The summed E-state index contributed by atoms with van der Waals surface area (Å²) in [5, 5.41) is 7.47. The van der Waals surface area contributed by atoms with Crippen molar-refractivity contribution < 1.29 is 0 Å². The first-order chi connectivity index (χ1) is 7.04. The van der Waals surface area contributed by atoms with Crippen molar-refractivity contribution in [1.29, 1.82) is 5.41 Å². The molecule has 0 aliphatic heterocycles. The molecule has 0 saturated heterocycles. The molecule has 0 spiro atoms. The molecule has 0 aliphatic carbocycles. The predicted octanol–water partition coefficient (Wildman–Crippen LogP) is 4.50. The van der Waals surface area contributed by atoms with Crippen LogP contribution in [-0.4, -0.2) is 5.71 Å². The van der Waals surface area contributed by atoms with E-state index in [1.54, 1.807) is 0 Å². The predicted molar refractivity (Wildman–Crippen MR) is 69.0 cm³/mol. The molecule has 1 heteroatoms. The standard InChI is InChI=1S/C10H13N.C4H10/c1-7-5-4-6-10(8(7)2)9(3)11;1-3-4-2/h4-6,11H,1-3H3;3-4H2,1-2H3. The summed E-state index contributed by atoms with van der Waals surface area (Å²) in [6.07, 6.45) is 2.64. The van der Waals surface area contributed by atoms with Gasteiger partial charge in [-0.1, -0.05) is 44.9 Å². The Morgan fingerprint density at radius 1 is 1.13 bits per heavy atom. The zero-order chi connectivity index (χ0) is 11.8. The van der Waals surface area contributed by atoms with Gasteiger partial charge in [0.2, 0.25) is 0 Å². The fourth-order valence-electron chi connectivity index (χ4n) is 1.16. The number of hydrogen-bond donors (Lipinski definition) is 1. The lowest BCUT2D eigenvalue weighted by Gasteiger charge is -2.05. The fourth-order valence-corrected chi connectivity index (χ4v) is 1.16. The van der Waals surface area contributed by atoms with E-state index in [0.29, 0.717) is 5.71 Å². The molecule has 0 aliphatic rings. The average molecular weight is 205 g/mol. The van der Waals surface area contributed by atoms with Crippen molar-refractivity contribution in [2.24, 2.45) is 0 Å². The Morgan fingerprint density at radius 2 is 1.67 bits per heavy atom. The molecule has 0 unspecified atom stereocenters. The van der Waals surface area contributed by atoms with Crippen LogP contribution in [-0.2, 0) is 0 Å². The van der Waals surface area contributed by atoms with E-state index in [1.165, 1.54) is 24.0 Å². The maximum absolute atomic E-state index is 7.47. The summed E-state index contributed by atoms with van der Waals surface area (Å²) < 4.78 is 0. The van der Waals surface area contributed by atoms with Crippen LogP contribution in [0.5, 0.6) is 0 Å². The molecular formula is C14H23N. The lowest BCUT2D eigenvalue weighted by atomic mass is 10.0. The van der Waals surface area contributed by atoms with Crippen molar-refractivity contribution in [1.82, 2.24) is 0 Å². The molecule has 1 rings (SSSR count). The van der Waals surface area contributed by atoms with Gasteiger partial charge >= 0.3 is 0 Å². The Balaban J connectivity index is 0.000000423. The Kier molecular flexibility index (Phi) is 6.68. The molecule has 0 radical (unpaired) electrons. The summed E-state index contributed by atoms with van der Waals surface area (Å²) in [5.41, 5.74) is 4.19. The lowest BCUT2D eigenvalue weighted by Crippen LogP contribution is -1.96. The first kappa shape index (κ1) is 13.9. The normalized spacial score (nSPS) is 9.13. The average Bonchev–Trinajstić information content (AvgIpc) is 2.22. The van der Waals surface area contributed by atoms with E-state index in [0.717, 1.165) is 5.56 Å². The highest BCUT2D eigenvalue weighted by atomic mass is 14.4. The van der Waals surface area contributed by atoms with Crippen molar-refractivity contribution in [3.63, 3.8) is 0 Å². The first-order valence-electron chi connectivity index (χ1n) is 5.66. The molecule has 0 fully saturated rings. The van der Waals surface area contributed by atoms with Gasteiger partial charge in [0.25, 0.3) is 0 Å². The molecule has 1 N–H and O–H groups in total. The third kappa shape index (κ3) is 4.78. The zero-order valence-corrected chi connectivity index (χ0v) is 10.6. The van der Waals surface area contributed by atoms with Crippen LogP contribution < -0.4 is 0 Å². The van der Waals surface area contributed by atoms with E-state index in [1.807, 2.05) is 19.1 Å². The minimum absolute atomic E-state index is 0.645. The van der Waals surface area contributed by atoms with Crippen molar-refractivity contribution in [3.05, 3.63) is 34.9 Å². The van der Waals surface area contributed by atoms with Crippen molar-refractivity contribution in [3.8, 4) is 0 Å². The molecular weight excluding hydrogens is 182 g/mol. The summed E-state index contributed by atoms with van der Waals surface area (Å²) >= 11 is 0. The molecule has 0 heterocycles. The van der Waals surface area contributed by atoms with E-state index in [-0.39, 0.29) is 0 Å². The van der Waals surface area contributed by atoms with E-state index in [9.17, 15) is 0 Å². The van der Waals surface area contributed by atoms with Crippen LogP contribution in [0.2, 0.25) is 0 Å². The second kappa shape index (κ2) is 7.22. The van der Waals surface area contributed by atoms with Gasteiger partial charge in [-0.3, -0.25) is 0 Å². The molecule has 1 aromatic rings. The van der Waals surface area contributed by atoms with E-state index in [2.05, 4.69) is 33.8 Å². The molecule has 0 aromatic heterocycles. The smallest absolute Gasteiger partial charge is 0.0357 e. The van der Waals surface area contributed by atoms with Gasteiger partial charge in [-0.2, -0.15) is 0 Å². The van der Waals surface area contributed by atoms with Crippen LogP contribution in [0, 0.1) is 19.3 Å². The number of unbranched alkanes of at least 4 members (excludes halogenated alkanes) is 1. The SMILES string of the molecule is CC(=N)c1cccc(C)c1C.CCCC. The lowest BCUT2D eigenvalue weighted by molar-refractivity contribution is 0.886. The van der Waals surface area contributed by atoms with Crippen LogP contribution in [0.15, 0.2) is 18.2 Å². The van der Waals surface area contributed by atoms with Gasteiger partial charge in [0, 0.05) is 5.71 Å². The first-order valence-corrected chi connectivity index (χ1v) is 5.66. The Morgan fingerprint density at radius 3 is 2.00 bits per heavy atom. The van der Waals surface area contributed by atoms with Gasteiger partial charge < -0.3 is 5.41 Å². The van der Waals surface area contributed by atoms with Crippen LogP contribution in [0.1, 0.15) is 50.3 Å². The van der Waals surface area contributed by atoms with E-state index >= 15 is 0 Å². The van der Waals surface area contributed by atoms with E-state index < -0.39 is 0 Å². The monoisotopic (exact) mass is 205 g/mol. The number of hydrogen-bond acceptors (Lipinski definition) is 1. The van der Waals surface area contributed by atoms with Gasteiger partial charge in [0.1, 0.15) is 0 Å². The van der Waals surface area contributed by atoms with Gasteiger partial charge in [0.05, 0.1) is 0 Å². The third-order valence-electron chi connectivity index (χ3n) is 2.51. The maximum atomic E-state index is 7.47. The highest BCUT2D eigenvalue weighted by molar-refractivity contribution is 5.97. The maximum Gasteiger partial charge on any atom is 0.0357 e. The zero-order valence-electron chi connectivity index (χ0n) is 10.6. The largest absolute Gasteiger partial charge is 0.305 e. The van der Waals surface area contributed by atoms with Crippen molar-refractivity contribution in [2.45, 2.75) is 47.5 Å². The second-order valence-corrected chi connectivity index (χ2v) is 3.87. The Bertz CT molecular complexity index is 311. The summed E-state index contributed by atoms with van der Waals surface area (Å²) in [4.78, 5) is 0. The van der Waals surface area contributed by atoms with Gasteiger partial charge in [-0.05, 0) is 37.5 Å². The highest BCUT2D eigenvalue weighted by Gasteiger charge is 2.00. The molecule has 84 valence electrons. The van der Waals surface area contributed by atoms with Crippen LogP contribution in [0.3, 0.4) is 0 Å². The summed E-state index contributed by atoms with van der Waals surface area (Å²) in [7, 11) is 0. The fraction of sp³-hybridized carbons (Fsp3) is 0.500. The van der Waals surface area contributed by atoms with Crippen LogP contribution in [0.25, 0.3) is 0 Å². The Hall–Kier alpha value is -1.11. The van der Waals surface area contributed by atoms with Crippen molar-refractivity contribution in [2.75, 3.05) is 0 Å². The van der Waals surface area contributed by atoms with Gasteiger partial charge in [-0.25, -0.2) is 0 Å². The topological polar surface area (TPSA) is 23.9 Å². The molecule has 1 nitrogen and oxygen atoms in total. The summed E-state index contributed by atoms with van der Waals surface area (Å²) in [5.74, 6) is 0. The molecule has 1 aromatic carbocycles. The molecule has 0 atom stereocenters. The molecule has 0 amide bonds. The number of aryl methyl sites for hydroxylation is 1. The van der Waals surface area contributed by atoms with E-state index in [4.69, 9.17) is 5.41 Å². The Labute approximate surface area is 94.0 Å². The highest BCUT2D eigenvalue weighted by Crippen LogP contribution is 2.12. The third-order valence-corrected chi connectivity index (χ3v) is 2.51. The van der Waals surface area contributed by atoms with Gasteiger partial charge in [0.15, 0.2) is 0 Å². The molecule has 15 heavy (non-hydrogen) atoms. The number of nitrogens with one attached hydrogen (secondary N) is 1.